The van der Waals surface area contributed by atoms with Crippen molar-refractivity contribution < 1.29 is 22.7 Å². The maximum Gasteiger partial charge on any atom is 0.264 e. The standard InChI is InChI=1S/C33H41N3O5S/c1-4-29(33(38)34-27-13-7-5-8-14-27)35(23-26-21-19-25(2)20-22-26)32(37)24-36(30-17-11-12-18-31(30)41-3)42(39,40)28-15-9-6-10-16-28/h6,9-12,15-22,27,29H,4-5,7-8,13-14,23-24H2,1-3H3,(H,34,38)/t29-/m0/s1. The smallest absolute Gasteiger partial charge is 0.264 e. The lowest BCUT2D eigenvalue weighted by Gasteiger charge is -2.34. The van der Waals surface area contributed by atoms with Crippen molar-refractivity contribution in [1.29, 1.82) is 0 Å². The van der Waals surface area contributed by atoms with Crippen molar-refractivity contribution in [2.24, 2.45) is 0 Å². The second-order valence-corrected chi connectivity index (χ2v) is 12.6. The van der Waals surface area contributed by atoms with Crippen molar-refractivity contribution in [2.45, 2.75) is 75.9 Å². The number of para-hydroxylation sites is 2. The molecule has 1 atom stereocenters. The first kappa shape index (κ1) is 31.1. The second-order valence-electron chi connectivity index (χ2n) is 10.8. The summed E-state index contributed by atoms with van der Waals surface area (Å²) in [7, 11) is -2.71. The molecule has 42 heavy (non-hydrogen) atoms. The van der Waals surface area contributed by atoms with Gasteiger partial charge >= 0.3 is 0 Å². The van der Waals surface area contributed by atoms with Gasteiger partial charge in [-0.15, -0.1) is 0 Å². The van der Waals surface area contributed by atoms with Gasteiger partial charge in [0.25, 0.3) is 10.0 Å². The van der Waals surface area contributed by atoms with E-state index in [2.05, 4.69) is 5.32 Å². The second kappa shape index (κ2) is 14.4. The molecule has 0 heterocycles. The number of ether oxygens (including phenoxy) is 1. The Bertz CT molecular complexity index is 1440. The van der Waals surface area contributed by atoms with E-state index < -0.39 is 28.5 Å². The minimum Gasteiger partial charge on any atom is -0.495 e. The molecule has 3 aromatic rings. The van der Waals surface area contributed by atoms with E-state index in [-0.39, 0.29) is 29.1 Å². The van der Waals surface area contributed by atoms with Crippen LogP contribution in [0.2, 0.25) is 0 Å². The molecule has 1 aliphatic carbocycles. The zero-order valence-electron chi connectivity index (χ0n) is 24.7. The van der Waals surface area contributed by atoms with Crippen LogP contribution in [-0.2, 0) is 26.2 Å². The molecule has 8 nitrogen and oxygen atoms in total. The fourth-order valence-corrected chi connectivity index (χ4v) is 6.87. The molecule has 0 unspecified atom stereocenters. The summed E-state index contributed by atoms with van der Waals surface area (Å²) in [5.74, 6) is -0.372. The largest absolute Gasteiger partial charge is 0.495 e. The average Bonchev–Trinajstić information content (AvgIpc) is 3.01. The number of amides is 2. The van der Waals surface area contributed by atoms with Crippen LogP contribution in [0, 0.1) is 6.92 Å². The third kappa shape index (κ3) is 7.50. The molecule has 0 bridgehead atoms. The topological polar surface area (TPSA) is 96.0 Å². The third-order valence-corrected chi connectivity index (χ3v) is 9.55. The number of rotatable bonds is 12. The molecule has 0 radical (unpaired) electrons. The molecular formula is C33H41N3O5S. The summed E-state index contributed by atoms with van der Waals surface area (Å²) in [6, 6.07) is 21.8. The van der Waals surface area contributed by atoms with E-state index in [1.165, 1.54) is 24.1 Å². The molecule has 1 saturated carbocycles. The Morgan fingerprint density at radius 1 is 0.929 bits per heavy atom. The monoisotopic (exact) mass is 591 g/mol. The van der Waals surface area contributed by atoms with Crippen molar-refractivity contribution in [2.75, 3.05) is 18.0 Å². The predicted molar refractivity (Wildman–Crippen MR) is 165 cm³/mol. The molecule has 4 rings (SSSR count). The van der Waals surface area contributed by atoms with Gasteiger partial charge in [-0.25, -0.2) is 8.42 Å². The Labute approximate surface area is 249 Å². The van der Waals surface area contributed by atoms with Crippen LogP contribution in [0.3, 0.4) is 0 Å². The van der Waals surface area contributed by atoms with Gasteiger partial charge in [-0.1, -0.05) is 86.3 Å². The summed E-state index contributed by atoms with van der Waals surface area (Å²) in [6.45, 7) is 3.52. The van der Waals surface area contributed by atoms with Crippen LogP contribution in [-0.4, -0.2) is 50.9 Å². The van der Waals surface area contributed by atoms with Crippen LogP contribution in [0.5, 0.6) is 5.75 Å². The van der Waals surface area contributed by atoms with E-state index >= 15 is 0 Å². The highest BCUT2D eigenvalue weighted by Gasteiger charge is 2.35. The van der Waals surface area contributed by atoms with E-state index in [1.54, 1.807) is 42.5 Å². The van der Waals surface area contributed by atoms with Gasteiger partial charge in [-0.3, -0.25) is 13.9 Å². The van der Waals surface area contributed by atoms with Crippen molar-refractivity contribution in [3.63, 3.8) is 0 Å². The number of methoxy groups -OCH3 is 1. The van der Waals surface area contributed by atoms with Crippen LogP contribution in [0.15, 0.2) is 83.8 Å². The van der Waals surface area contributed by atoms with Crippen molar-refractivity contribution in [1.82, 2.24) is 10.2 Å². The number of nitrogens with one attached hydrogen (secondary N) is 1. The van der Waals surface area contributed by atoms with Gasteiger partial charge in [0.2, 0.25) is 11.8 Å². The molecule has 0 saturated heterocycles. The Balaban J connectivity index is 1.72. The fraction of sp³-hybridized carbons (Fsp3) is 0.394. The molecule has 224 valence electrons. The van der Waals surface area contributed by atoms with E-state index in [4.69, 9.17) is 4.74 Å². The number of hydrogen-bond acceptors (Lipinski definition) is 5. The number of sulfonamides is 1. The SMILES string of the molecule is CC[C@@H](C(=O)NC1CCCCC1)N(Cc1ccc(C)cc1)C(=O)CN(c1ccccc1OC)S(=O)(=O)c1ccccc1. The number of anilines is 1. The first-order valence-corrected chi connectivity index (χ1v) is 16.0. The van der Waals surface area contributed by atoms with Crippen LogP contribution in [0.4, 0.5) is 5.69 Å². The van der Waals surface area contributed by atoms with Gasteiger partial charge in [0.15, 0.2) is 0 Å². The van der Waals surface area contributed by atoms with E-state index in [0.29, 0.717) is 12.2 Å². The van der Waals surface area contributed by atoms with Crippen LogP contribution in [0.1, 0.15) is 56.6 Å². The first-order chi connectivity index (χ1) is 20.2. The van der Waals surface area contributed by atoms with Crippen LogP contribution in [0.25, 0.3) is 0 Å². The minimum absolute atomic E-state index is 0.0517. The lowest BCUT2D eigenvalue weighted by Crippen LogP contribution is -2.54. The maximum absolute atomic E-state index is 14.3. The number of carbonyl (C=O) groups is 2. The first-order valence-electron chi connectivity index (χ1n) is 14.6. The summed E-state index contributed by atoms with van der Waals surface area (Å²) in [6.07, 6.45) is 5.53. The molecule has 2 amide bonds. The van der Waals surface area contributed by atoms with Gasteiger partial charge in [-0.2, -0.15) is 0 Å². The molecule has 3 aromatic carbocycles. The van der Waals surface area contributed by atoms with E-state index in [0.717, 1.165) is 47.5 Å². The number of aryl methyl sites for hydroxylation is 1. The highest BCUT2D eigenvalue weighted by Crippen LogP contribution is 2.32. The molecule has 0 spiro atoms. The van der Waals surface area contributed by atoms with Crippen LogP contribution >= 0.6 is 0 Å². The van der Waals surface area contributed by atoms with Crippen molar-refractivity contribution in [3.8, 4) is 5.75 Å². The molecule has 1 fully saturated rings. The van der Waals surface area contributed by atoms with Gasteiger partial charge in [-0.05, 0) is 56.0 Å². The normalized spacial score (nSPS) is 14.5. The van der Waals surface area contributed by atoms with Gasteiger partial charge in [0.1, 0.15) is 18.3 Å². The van der Waals surface area contributed by atoms with Crippen molar-refractivity contribution >= 4 is 27.5 Å². The highest BCUT2D eigenvalue weighted by molar-refractivity contribution is 7.92. The lowest BCUT2D eigenvalue weighted by atomic mass is 9.95. The number of benzene rings is 3. The Morgan fingerprint density at radius 2 is 1.57 bits per heavy atom. The molecular weight excluding hydrogens is 550 g/mol. The summed E-state index contributed by atoms with van der Waals surface area (Å²) < 4.78 is 34.6. The summed E-state index contributed by atoms with van der Waals surface area (Å²) in [4.78, 5) is 29.5. The maximum atomic E-state index is 14.3. The highest BCUT2D eigenvalue weighted by atomic mass is 32.2. The van der Waals surface area contributed by atoms with E-state index in [9.17, 15) is 18.0 Å². The van der Waals surface area contributed by atoms with Crippen molar-refractivity contribution in [3.05, 3.63) is 90.0 Å². The molecule has 0 aliphatic heterocycles. The lowest BCUT2D eigenvalue weighted by molar-refractivity contribution is -0.140. The summed E-state index contributed by atoms with van der Waals surface area (Å²) in [5, 5.41) is 3.17. The van der Waals surface area contributed by atoms with Gasteiger partial charge in [0, 0.05) is 12.6 Å². The molecule has 1 N–H and O–H groups in total. The fourth-order valence-electron chi connectivity index (χ4n) is 5.42. The van der Waals surface area contributed by atoms with Crippen LogP contribution < -0.4 is 14.4 Å². The molecule has 9 heteroatoms. The number of nitrogens with zero attached hydrogens (tertiary/aromatic N) is 2. The Morgan fingerprint density at radius 3 is 2.21 bits per heavy atom. The molecule has 1 aliphatic rings. The minimum atomic E-state index is -4.16. The van der Waals surface area contributed by atoms with Gasteiger partial charge < -0.3 is 15.0 Å². The predicted octanol–water partition coefficient (Wildman–Crippen LogP) is 5.46. The zero-order chi connectivity index (χ0) is 30.1. The summed E-state index contributed by atoms with van der Waals surface area (Å²) in [5.41, 5.74) is 2.18. The Kier molecular flexibility index (Phi) is 10.6. The summed E-state index contributed by atoms with van der Waals surface area (Å²) >= 11 is 0. The average molecular weight is 592 g/mol. The zero-order valence-corrected chi connectivity index (χ0v) is 25.5. The Hall–Kier alpha value is -3.85. The third-order valence-electron chi connectivity index (χ3n) is 7.77. The number of carbonyl (C=O) groups excluding carboxylic acids is 2. The van der Waals surface area contributed by atoms with E-state index in [1.807, 2.05) is 38.1 Å². The molecule has 0 aromatic heterocycles. The quantitative estimate of drug-likeness (QED) is 0.302. The van der Waals surface area contributed by atoms with Gasteiger partial charge in [0.05, 0.1) is 17.7 Å². The number of hydrogen-bond donors (Lipinski definition) is 1.